The topological polar surface area (TPSA) is 55.8 Å². The molecule has 2 atom stereocenters. The fraction of sp³-hybridized carbons (Fsp3) is 0.625. The third kappa shape index (κ3) is 2.87. The van der Waals surface area contributed by atoms with Crippen LogP contribution < -0.4 is 4.74 Å². The van der Waals surface area contributed by atoms with E-state index in [1.807, 2.05) is 6.92 Å². The molecule has 0 spiro atoms. The summed E-state index contributed by atoms with van der Waals surface area (Å²) in [4.78, 5) is 0.375. The van der Waals surface area contributed by atoms with E-state index in [0.29, 0.717) is 18.0 Å². The van der Waals surface area contributed by atoms with Crippen LogP contribution in [-0.4, -0.2) is 45.1 Å². The molecule has 2 aliphatic rings. The first kappa shape index (κ1) is 15.8. The Balaban J connectivity index is 1.87. The van der Waals surface area contributed by atoms with Crippen molar-refractivity contribution >= 4 is 10.0 Å². The number of piperidine rings is 1. The van der Waals surface area contributed by atoms with E-state index >= 15 is 0 Å². The van der Waals surface area contributed by atoms with Crippen LogP contribution in [0.2, 0.25) is 0 Å². The summed E-state index contributed by atoms with van der Waals surface area (Å²) in [5.74, 6) is 0.816. The van der Waals surface area contributed by atoms with Gasteiger partial charge >= 0.3 is 0 Å². The van der Waals surface area contributed by atoms with Crippen molar-refractivity contribution < 1.29 is 17.9 Å². The molecule has 1 aromatic rings. The van der Waals surface area contributed by atoms with Gasteiger partial charge in [-0.2, -0.15) is 4.31 Å². The number of methoxy groups -OCH3 is 1. The quantitative estimate of drug-likeness (QED) is 0.855. The molecule has 0 aromatic heterocycles. The van der Waals surface area contributed by atoms with Gasteiger partial charge in [0.15, 0.2) is 0 Å². The standard InChI is InChI=1S/C16H23NO4S/c1-12-10-14(20-2)7-8-17(12)22(18,19)15-5-6-16-13(11-15)4-3-9-21-16/h5-6,11-12,14H,3-4,7-10H2,1-2H3. The van der Waals surface area contributed by atoms with Gasteiger partial charge in [-0.05, 0) is 56.4 Å². The maximum Gasteiger partial charge on any atom is 0.243 e. The van der Waals surface area contributed by atoms with Gasteiger partial charge in [-0.3, -0.25) is 0 Å². The average Bonchev–Trinajstić information content (AvgIpc) is 2.54. The van der Waals surface area contributed by atoms with Gasteiger partial charge in [-0.1, -0.05) is 0 Å². The summed E-state index contributed by atoms with van der Waals surface area (Å²) in [5.41, 5.74) is 0.992. The lowest BCUT2D eigenvalue weighted by Crippen LogP contribution is -2.46. The highest BCUT2D eigenvalue weighted by Gasteiger charge is 2.34. The largest absolute Gasteiger partial charge is 0.493 e. The van der Waals surface area contributed by atoms with Crippen LogP contribution >= 0.6 is 0 Å². The highest BCUT2D eigenvalue weighted by Crippen LogP contribution is 2.31. The Morgan fingerprint density at radius 2 is 2.18 bits per heavy atom. The molecule has 5 nitrogen and oxygen atoms in total. The summed E-state index contributed by atoms with van der Waals surface area (Å²) >= 11 is 0. The van der Waals surface area contributed by atoms with Crippen LogP contribution in [0.25, 0.3) is 0 Å². The number of sulfonamides is 1. The summed E-state index contributed by atoms with van der Waals surface area (Å²) in [6.07, 6.45) is 3.45. The molecule has 3 rings (SSSR count). The number of hydrogen-bond acceptors (Lipinski definition) is 4. The van der Waals surface area contributed by atoms with Crippen LogP contribution in [0.3, 0.4) is 0 Å². The van der Waals surface area contributed by atoms with E-state index in [-0.39, 0.29) is 12.1 Å². The van der Waals surface area contributed by atoms with Crippen molar-refractivity contribution in [1.29, 1.82) is 0 Å². The maximum atomic E-state index is 12.9. The number of rotatable bonds is 3. The molecule has 2 unspecified atom stereocenters. The third-order valence-corrected chi connectivity index (χ3v) is 6.60. The molecule has 6 heteroatoms. The molecule has 122 valence electrons. The molecular formula is C16H23NO4S. The Bertz CT molecular complexity index is 644. The first-order chi connectivity index (χ1) is 10.5. The van der Waals surface area contributed by atoms with Crippen molar-refractivity contribution in [2.75, 3.05) is 20.3 Å². The first-order valence-corrected chi connectivity index (χ1v) is 9.26. The Hall–Kier alpha value is -1.11. The zero-order chi connectivity index (χ0) is 15.7. The highest BCUT2D eigenvalue weighted by atomic mass is 32.2. The van der Waals surface area contributed by atoms with Gasteiger partial charge in [0.2, 0.25) is 10.0 Å². The van der Waals surface area contributed by atoms with Gasteiger partial charge < -0.3 is 9.47 Å². The molecule has 0 saturated carbocycles. The van der Waals surface area contributed by atoms with Crippen LogP contribution in [0.1, 0.15) is 31.7 Å². The highest BCUT2D eigenvalue weighted by molar-refractivity contribution is 7.89. The van der Waals surface area contributed by atoms with Crippen molar-refractivity contribution in [3.8, 4) is 5.75 Å². The number of nitrogens with zero attached hydrogens (tertiary/aromatic N) is 1. The van der Waals surface area contributed by atoms with Crippen LogP contribution in [0.15, 0.2) is 23.1 Å². The molecule has 1 saturated heterocycles. The van der Waals surface area contributed by atoms with Gasteiger partial charge in [0, 0.05) is 19.7 Å². The Kier molecular flexibility index (Phi) is 4.43. The zero-order valence-electron chi connectivity index (χ0n) is 13.1. The van der Waals surface area contributed by atoms with E-state index in [1.54, 1.807) is 29.6 Å². The van der Waals surface area contributed by atoms with Crippen molar-refractivity contribution in [3.05, 3.63) is 23.8 Å². The normalized spacial score (nSPS) is 26.3. The van der Waals surface area contributed by atoms with Crippen molar-refractivity contribution in [2.45, 2.75) is 49.6 Å². The van der Waals surface area contributed by atoms with Gasteiger partial charge in [-0.25, -0.2) is 8.42 Å². The predicted octanol–water partition coefficient (Wildman–Crippen LogP) is 2.20. The Morgan fingerprint density at radius 1 is 1.36 bits per heavy atom. The van der Waals surface area contributed by atoms with E-state index in [4.69, 9.17) is 9.47 Å². The minimum atomic E-state index is -3.45. The monoisotopic (exact) mass is 325 g/mol. The number of ether oxygens (including phenoxy) is 2. The molecule has 0 radical (unpaired) electrons. The van der Waals surface area contributed by atoms with Crippen LogP contribution in [0.5, 0.6) is 5.75 Å². The van der Waals surface area contributed by atoms with Gasteiger partial charge in [0.1, 0.15) is 5.75 Å². The fourth-order valence-electron chi connectivity index (χ4n) is 3.31. The number of benzene rings is 1. The number of hydrogen-bond donors (Lipinski definition) is 0. The lowest BCUT2D eigenvalue weighted by molar-refractivity contribution is 0.0422. The molecule has 0 aliphatic carbocycles. The summed E-state index contributed by atoms with van der Waals surface area (Å²) in [5, 5.41) is 0. The van der Waals surface area contributed by atoms with E-state index in [9.17, 15) is 8.42 Å². The van der Waals surface area contributed by atoms with Crippen molar-refractivity contribution in [3.63, 3.8) is 0 Å². The van der Waals surface area contributed by atoms with Crippen LogP contribution in [0.4, 0.5) is 0 Å². The average molecular weight is 325 g/mol. The molecule has 2 aliphatic heterocycles. The van der Waals surface area contributed by atoms with Crippen LogP contribution in [0, 0.1) is 0 Å². The van der Waals surface area contributed by atoms with E-state index in [1.165, 1.54) is 0 Å². The number of fused-ring (bicyclic) bond motifs is 1. The molecule has 22 heavy (non-hydrogen) atoms. The van der Waals surface area contributed by atoms with Crippen molar-refractivity contribution in [1.82, 2.24) is 4.31 Å². The lowest BCUT2D eigenvalue weighted by Gasteiger charge is -2.36. The minimum Gasteiger partial charge on any atom is -0.493 e. The second-order valence-electron chi connectivity index (χ2n) is 6.07. The SMILES string of the molecule is COC1CCN(S(=O)(=O)c2ccc3c(c2)CCCO3)C(C)C1. The summed E-state index contributed by atoms with van der Waals surface area (Å²) in [6.45, 7) is 3.17. The van der Waals surface area contributed by atoms with Crippen molar-refractivity contribution in [2.24, 2.45) is 0 Å². The van der Waals surface area contributed by atoms with Crippen LogP contribution in [-0.2, 0) is 21.2 Å². The summed E-state index contributed by atoms with van der Waals surface area (Å²) < 4.78 is 38.4. The lowest BCUT2D eigenvalue weighted by atomic mass is 10.0. The minimum absolute atomic E-state index is 0.0454. The summed E-state index contributed by atoms with van der Waals surface area (Å²) in [7, 11) is -1.77. The third-order valence-electron chi connectivity index (χ3n) is 4.59. The van der Waals surface area contributed by atoms with E-state index in [2.05, 4.69) is 0 Å². The van der Waals surface area contributed by atoms with Gasteiger partial charge in [0.05, 0.1) is 17.6 Å². The molecule has 0 bridgehead atoms. The first-order valence-electron chi connectivity index (χ1n) is 7.82. The smallest absolute Gasteiger partial charge is 0.243 e. The second-order valence-corrected chi connectivity index (χ2v) is 7.96. The predicted molar refractivity (Wildman–Crippen MR) is 83.6 cm³/mol. The molecular weight excluding hydrogens is 302 g/mol. The van der Waals surface area contributed by atoms with Gasteiger partial charge in [0.25, 0.3) is 0 Å². The molecule has 1 fully saturated rings. The summed E-state index contributed by atoms with van der Waals surface area (Å²) in [6, 6.07) is 5.18. The van der Waals surface area contributed by atoms with E-state index in [0.717, 1.165) is 37.0 Å². The Morgan fingerprint density at radius 3 is 2.91 bits per heavy atom. The second kappa shape index (κ2) is 6.18. The maximum absolute atomic E-state index is 12.9. The molecule has 0 N–H and O–H groups in total. The molecule has 0 amide bonds. The molecule has 2 heterocycles. The fourth-order valence-corrected chi connectivity index (χ4v) is 5.02. The van der Waals surface area contributed by atoms with Gasteiger partial charge in [-0.15, -0.1) is 0 Å². The number of aryl methyl sites for hydroxylation is 1. The molecule has 1 aromatic carbocycles. The Labute approximate surface area is 132 Å². The van der Waals surface area contributed by atoms with E-state index < -0.39 is 10.0 Å². The zero-order valence-corrected chi connectivity index (χ0v) is 13.9.